The van der Waals surface area contributed by atoms with E-state index in [1.54, 1.807) is 6.20 Å². The number of carbonyl (C=O) groups is 1. The number of hydrogen-bond donors (Lipinski definition) is 1. The van der Waals surface area contributed by atoms with Crippen LogP contribution in [0.25, 0.3) is 11.2 Å². The van der Waals surface area contributed by atoms with Gasteiger partial charge in [-0.1, -0.05) is 42.6 Å². The second-order valence-corrected chi connectivity index (χ2v) is 8.08. The molecule has 0 radical (unpaired) electrons. The Balaban J connectivity index is 1.41. The minimum Gasteiger partial charge on any atom is -0.342 e. The first-order chi connectivity index (χ1) is 13.2. The van der Waals surface area contributed by atoms with Crippen molar-refractivity contribution in [1.82, 2.24) is 19.9 Å². The van der Waals surface area contributed by atoms with Crippen molar-refractivity contribution >= 4 is 28.7 Å². The Morgan fingerprint density at radius 3 is 2.70 bits per heavy atom. The van der Waals surface area contributed by atoms with Gasteiger partial charge in [-0.05, 0) is 43.4 Å². The molecule has 0 spiro atoms. The van der Waals surface area contributed by atoms with Crippen LogP contribution in [0.1, 0.15) is 60.5 Å². The second-order valence-electron chi connectivity index (χ2n) is 7.67. The third-order valence-corrected chi connectivity index (χ3v) is 6.22. The Labute approximate surface area is 162 Å². The molecule has 27 heavy (non-hydrogen) atoms. The van der Waals surface area contributed by atoms with Crippen LogP contribution in [0, 0.1) is 0 Å². The number of fused-ring (bicyclic) bond motifs is 1. The molecule has 0 atom stereocenters. The smallest absolute Gasteiger partial charge is 0.253 e. The predicted molar refractivity (Wildman–Crippen MR) is 105 cm³/mol. The largest absolute Gasteiger partial charge is 0.342 e. The minimum atomic E-state index is -0.354. The number of nitrogens with zero attached hydrogens (tertiary/aromatic N) is 3. The zero-order valence-electron chi connectivity index (χ0n) is 15.0. The summed E-state index contributed by atoms with van der Waals surface area (Å²) in [5.74, 6) is -0.128. The first-order valence-corrected chi connectivity index (χ1v) is 9.94. The van der Waals surface area contributed by atoms with Crippen LogP contribution in [0.2, 0.25) is 5.02 Å². The van der Waals surface area contributed by atoms with E-state index in [-0.39, 0.29) is 11.4 Å². The first kappa shape index (κ1) is 16.8. The van der Waals surface area contributed by atoms with Crippen LogP contribution >= 0.6 is 11.6 Å². The van der Waals surface area contributed by atoms with Gasteiger partial charge >= 0.3 is 0 Å². The summed E-state index contributed by atoms with van der Waals surface area (Å²) in [5, 5.41) is 3.86. The molecule has 3 aromatic rings. The number of imidazole rings is 1. The lowest BCUT2D eigenvalue weighted by molar-refractivity contribution is 0.0930. The van der Waals surface area contributed by atoms with Crippen molar-refractivity contribution in [3.63, 3.8) is 0 Å². The van der Waals surface area contributed by atoms with E-state index in [0.29, 0.717) is 16.6 Å². The summed E-state index contributed by atoms with van der Waals surface area (Å²) in [5.41, 5.74) is 2.81. The number of halogens is 1. The van der Waals surface area contributed by atoms with Gasteiger partial charge in [0.15, 0.2) is 5.65 Å². The summed E-state index contributed by atoms with van der Waals surface area (Å²) in [6.45, 7) is 0. The molecule has 6 heteroatoms. The third kappa shape index (κ3) is 2.90. The van der Waals surface area contributed by atoms with Gasteiger partial charge in [0.25, 0.3) is 5.91 Å². The average molecular weight is 381 g/mol. The fraction of sp³-hybridized carbons (Fsp3) is 0.381. The van der Waals surface area contributed by atoms with Crippen molar-refractivity contribution in [2.45, 2.75) is 50.1 Å². The van der Waals surface area contributed by atoms with Crippen LogP contribution in [0.5, 0.6) is 0 Å². The number of benzene rings is 1. The number of nitrogens with one attached hydrogen (secondary N) is 1. The van der Waals surface area contributed by atoms with E-state index in [2.05, 4.69) is 19.9 Å². The van der Waals surface area contributed by atoms with E-state index < -0.39 is 0 Å². The maximum Gasteiger partial charge on any atom is 0.253 e. The zero-order valence-corrected chi connectivity index (χ0v) is 15.7. The molecule has 1 N–H and O–H groups in total. The number of hydrogen-bond acceptors (Lipinski definition) is 3. The Morgan fingerprint density at radius 2 is 1.96 bits per heavy atom. The van der Waals surface area contributed by atoms with Gasteiger partial charge in [0.1, 0.15) is 5.52 Å². The Kier molecular flexibility index (Phi) is 3.93. The molecule has 0 bridgehead atoms. The number of carbonyl (C=O) groups excluding carboxylic acids is 1. The van der Waals surface area contributed by atoms with E-state index in [1.807, 2.05) is 36.7 Å². The normalized spacial score (nSPS) is 18.7. The Morgan fingerprint density at radius 1 is 1.19 bits per heavy atom. The van der Waals surface area contributed by atoms with E-state index in [9.17, 15) is 4.79 Å². The Hall–Kier alpha value is -2.40. The molecule has 5 nitrogen and oxygen atoms in total. The molecule has 0 unspecified atom stereocenters. The molecular formula is C21H21ClN4O. The van der Waals surface area contributed by atoms with Gasteiger partial charge in [0.2, 0.25) is 0 Å². The average Bonchev–Trinajstić information content (AvgIpc) is 3.09. The standard InChI is InChI=1S/C21H21ClN4O/c22-17-8-4-3-7-16(17)21(9-10-21)25-20(27)14-11-18-19(23-12-14)26(13-24-18)15-5-1-2-6-15/h3-4,7-8,11-13,15H,1-2,5-6,9-10H2,(H,25,27). The molecule has 1 aromatic carbocycles. The fourth-order valence-electron chi connectivity index (χ4n) is 4.22. The molecule has 138 valence electrons. The van der Waals surface area contributed by atoms with Gasteiger partial charge in [0, 0.05) is 17.3 Å². The van der Waals surface area contributed by atoms with Crippen LogP contribution in [-0.4, -0.2) is 20.4 Å². The fourth-order valence-corrected chi connectivity index (χ4v) is 4.53. The lowest BCUT2D eigenvalue weighted by atomic mass is 10.0. The summed E-state index contributed by atoms with van der Waals surface area (Å²) in [6.07, 6.45) is 10.2. The van der Waals surface area contributed by atoms with E-state index in [0.717, 1.165) is 29.6 Å². The summed E-state index contributed by atoms with van der Waals surface area (Å²) in [4.78, 5) is 21.9. The van der Waals surface area contributed by atoms with E-state index in [4.69, 9.17) is 11.6 Å². The van der Waals surface area contributed by atoms with Crippen molar-refractivity contribution in [2.75, 3.05) is 0 Å². The monoisotopic (exact) mass is 380 g/mol. The number of aromatic nitrogens is 3. The van der Waals surface area contributed by atoms with Crippen LogP contribution in [0.15, 0.2) is 42.9 Å². The van der Waals surface area contributed by atoms with Crippen molar-refractivity contribution < 1.29 is 4.79 Å². The van der Waals surface area contributed by atoms with Gasteiger partial charge in [-0.25, -0.2) is 9.97 Å². The van der Waals surface area contributed by atoms with Gasteiger partial charge in [0.05, 0.1) is 17.4 Å². The van der Waals surface area contributed by atoms with Gasteiger partial charge in [-0.2, -0.15) is 0 Å². The highest BCUT2D eigenvalue weighted by molar-refractivity contribution is 6.31. The number of rotatable bonds is 4. The zero-order chi connectivity index (χ0) is 18.4. The molecule has 2 fully saturated rings. The molecule has 2 aliphatic rings. The lowest BCUT2D eigenvalue weighted by Crippen LogP contribution is -2.35. The molecule has 0 saturated heterocycles. The maximum atomic E-state index is 12.9. The predicted octanol–water partition coefficient (Wildman–Crippen LogP) is 4.62. The van der Waals surface area contributed by atoms with Gasteiger partial charge in [-0.3, -0.25) is 4.79 Å². The topological polar surface area (TPSA) is 59.8 Å². The van der Waals surface area contributed by atoms with Gasteiger partial charge < -0.3 is 9.88 Å². The summed E-state index contributed by atoms with van der Waals surface area (Å²) < 4.78 is 2.16. The second kappa shape index (κ2) is 6.34. The number of pyridine rings is 1. The highest BCUT2D eigenvalue weighted by Gasteiger charge is 2.47. The highest BCUT2D eigenvalue weighted by atomic mass is 35.5. The first-order valence-electron chi connectivity index (χ1n) is 9.56. The highest BCUT2D eigenvalue weighted by Crippen LogP contribution is 2.48. The van der Waals surface area contributed by atoms with Crippen molar-refractivity contribution in [3.8, 4) is 0 Å². The summed E-state index contributed by atoms with van der Waals surface area (Å²) >= 11 is 6.34. The summed E-state index contributed by atoms with van der Waals surface area (Å²) in [6, 6.07) is 10.0. The van der Waals surface area contributed by atoms with E-state index >= 15 is 0 Å². The molecule has 2 aromatic heterocycles. The van der Waals surface area contributed by atoms with Crippen molar-refractivity contribution in [3.05, 3.63) is 59.0 Å². The maximum absolute atomic E-state index is 12.9. The third-order valence-electron chi connectivity index (χ3n) is 5.89. The minimum absolute atomic E-state index is 0.128. The lowest BCUT2D eigenvalue weighted by Gasteiger charge is -2.19. The Bertz CT molecular complexity index is 1020. The quantitative estimate of drug-likeness (QED) is 0.718. The van der Waals surface area contributed by atoms with Crippen LogP contribution in [-0.2, 0) is 5.54 Å². The number of amides is 1. The van der Waals surface area contributed by atoms with Crippen LogP contribution in [0.3, 0.4) is 0 Å². The molecule has 2 saturated carbocycles. The molecule has 5 rings (SSSR count). The molecule has 1 amide bonds. The van der Waals surface area contributed by atoms with Crippen molar-refractivity contribution in [1.29, 1.82) is 0 Å². The molecule has 2 aliphatic carbocycles. The molecule has 0 aliphatic heterocycles. The summed E-state index contributed by atoms with van der Waals surface area (Å²) in [7, 11) is 0. The van der Waals surface area contributed by atoms with Crippen LogP contribution in [0.4, 0.5) is 0 Å². The molecule has 2 heterocycles. The van der Waals surface area contributed by atoms with Gasteiger partial charge in [-0.15, -0.1) is 0 Å². The van der Waals surface area contributed by atoms with Crippen molar-refractivity contribution in [2.24, 2.45) is 0 Å². The SMILES string of the molecule is O=C(NC1(c2ccccc2Cl)CC1)c1cnc2c(c1)ncn2C1CCCC1. The van der Waals surface area contributed by atoms with E-state index in [1.165, 1.54) is 25.7 Å². The molecular weight excluding hydrogens is 360 g/mol. The van der Waals surface area contributed by atoms with Crippen LogP contribution < -0.4 is 5.32 Å².